The van der Waals surface area contributed by atoms with E-state index in [0.29, 0.717) is 35.0 Å². The lowest BCUT2D eigenvalue weighted by molar-refractivity contribution is -0.143. The van der Waals surface area contributed by atoms with Gasteiger partial charge >= 0.3 is 6.18 Å². The Balaban J connectivity index is 1.41. The average molecular weight is 576 g/mol. The zero-order chi connectivity index (χ0) is 29.5. The number of hydrogen-bond acceptors (Lipinski definition) is 6. The number of aryl methyl sites for hydroxylation is 2. The zero-order valence-electron chi connectivity index (χ0n) is 23.4. The number of imidazole rings is 1. The van der Waals surface area contributed by atoms with Crippen molar-refractivity contribution in [2.45, 2.75) is 44.4 Å². The van der Waals surface area contributed by atoms with E-state index >= 15 is 0 Å². The minimum Gasteiger partial charge on any atom is -0.387 e. The monoisotopic (exact) mass is 575 g/mol. The number of halogens is 3. The largest absolute Gasteiger partial charge is 0.433 e. The van der Waals surface area contributed by atoms with Crippen LogP contribution in [0, 0.1) is 0 Å². The molecule has 1 aliphatic rings. The fourth-order valence-electron chi connectivity index (χ4n) is 5.68. The highest BCUT2D eigenvalue weighted by molar-refractivity contribution is 5.95. The van der Waals surface area contributed by atoms with Gasteiger partial charge in [0.1, 0.15) is 11.5 Å². The summed E-state index contributed by atoms with van der Waals surface area (Å²) in [7, 11) is 5.07. The van der Waals surface area contributed by atoms with Gasteiger partial charge < -0.3 is 9.67 Å². The Bertz CT molecular complexity index is 1990. The first-order chi connectivity index (χ1) is 20.0. The maximum atomic E-state index is 13.4. The lowest BCUT2D eigenvalue weighted by Crippen LogP contribution is -2.11. The van der Waals surface area contributed by atoms with Crippen LogP contribution in [0.5, 0.6) is 0 Å². The molecule has 0 aliphatic heterocycles. The average Bonchev–Trinajstić information content (AvgIpc) is 3.24. The molecule has 1 N–H and O–H groups in total. The number of rotatable bonds is 6. The van der Waals surface area contributed by atoms with Crippen molar-refractivity contribution in [2.24, 2.45) is 21.1 Å². The molecule has 0 unspecified atom stereocenters. The van der Waals surface area contributed by atoms with Crippen molar-refractivity contribution in [3.8, 4) is 28.5 Å². The fraction of sp³-hybridized carbons (Fsp3) is 0.345. The lowest BCUT2D eigenvalue weighted by atomic mass is 10.0. The van der Waals surface area contributed by atoms with Gasteiger partial charge in [-0.05, 0) is 31.4 Å². The lowest BCUT2D eigenvalue weighted by Gasteiger charge is -2.13. The summed E-state index contributed by atoms with van der Waals surface area (Å²) >= 11 is 0. The Morgan fingerprint density at radius 1 is 1.00 bits per heavy atom. The van der Waals surface area contributed by atoms with Crippen molar-refractivity contribution in [2.75, 3.05) is 0 Å². The molecule has 1 saturated carbocycles. The van der Waals surface area contributed by atoms with Gasteiger partial charge in [0.25, 0.3) is 0 Å². The van der Waals surface area contributed by atoms with E-state index in [0.717, 1.165) is 56.9 Å². The maximum absolute atomic E-state index is 13.4. The van der Waals surface area contributed by atoms with E-state index in [4.69, 9.17) is 9.97 Å². The first-order valence-corrected chi connectivity index (χ1v) is 13.7. The highest BCUT2D eigenvalue weighted by atomic mass is 19.4. The van der Waals surface area contributed by atoms with Gasteiger partial charge in [-0.15, -0.1) is 0 Å². The molecule has 0 bridgehead atoms. The van der Waals surface area contributed by atoms with Gasteiger partial charge in [-0.1, -0.05) is 19.1 Å². The molecule has 5 heterocycles. The third-order valence-corrected chi connectivity index (χ3v) is 7.88. The molecule has 0 saturated heterocycles. The van der Waals surface area contributed by atoms with Gasteiger partial charge in [0, 0.05) is 73.1 Å². The molecule has 13 heteroatoms. The van der Waals surface area contributed by atoms with Crippen LogP contribution in [0.3, 0.4) is 0 Å². The second-order valence-corrected chi connectivity index (χ2v) is 10.9. The van der Waals surface area contributed by atoms with Crippen LogP contribution in [-0.2, 0) is 27.3 Å². The number of pyridine rings is 1. The van der Waals surface area contributed by atoms with Gasteiger partial charge in [-0.2, -0.15) is 28.5 Å². The summed E-state index contributed by atoms with van der Waals surface area (Å²) in [4.78, 5) is 9.90. The molecule has 1 aliphatic carbocycles. The Labute approximate surface area is 238 Å². The summed E-state index contributed by atoms with van der Waals surface area (Å²) in [6.45, 7) is 1.90. The number of hydrogen-bond donors (Lipinski definition) is 1. The number of aliphatic hydroxyl groups excluding tert-OH is 1. The summed E-state index contributed by atoms with van der Waals surface area (Å²) in [6.07, 6.45) is 0.799. The molecule has 42 heavy (non-hydrogen) atoms. The molecular formula is C29H28F3N9O. The summed E-state index contributed by atoms with van der Waals surface area (Å²) in [6, 6.07) is 8.61. The van der Waals surface area contributed by atoms with Crippen LogP contribution in [0.4, 0.5) is 13.2 Å². The molecule has 5 aromatic heterocycles. The molecule has 1 atom stereocenters. The van der Waals surface area contributed by atoms with Crippen LogP contribution in [0.2, 0.25) is 0 Å². The zero-order valence-corrected chi connectivity index (χ0v) is 23.4. The quantitative estimate of drug-likeness (QED) is 0.283. The predicted molar refractivity (Wildman–Crippen MR) is 150 cm³/mol. The van der Waals surface area contributed by atoms with E-state index in [-0.39, 0.29) is 5.82 Å². The maximum Gasteiger partial charge on any atom is 0.433 e. The topological polar surface area (TPSA) is 104 Å². The van der Waals surface area contributed by atoms with Crippen LogP contribution in [-0.4, -0.2) is 49.0 Å². The minimum absolute atomic E-state index is 0.0742. The van der Waals surface area contributed by atoms with Crippen LogP contribution in [0.25, 0.3) is 50.4 Å². The Kier molecular flexibility index (Phi) is 5.81. The van der Waals surface area contributed by atoms with Crippen LogP contribution < -0.4 is 0 Å². The molecule has 1 aromatic carbocycles. The van der Waals surface area contributed by atoms with Crippen molar-refractivity contribution in [3.63, 3.8) is 0 Å². The molecule has 6 aromatic rings. The van der Waals surface area contributed by atoms with E-state index in [2.05, 4.69) is 19.9 Å². The van der Waals surface area contributed by atoms with Crippen molar-refractivity contribution in [1.29, 1.82) is 0 Å². The van der Waals surface area contributed by atoms with Gasteiger partial charge in [-0.25, -0.2) is 14.6 Å². The van der Waals surface area contributed by atoms with E-state index in [1.165, 1.54) is 11.7 Å². The molecule has 0 amide bonds. The summed E-state index contributed by atoms with van der Waals surface area (Å²) in [5.41, 5.74) is 4.23. The van der Waals surface area contributed by atoms with Crippen molar-refractivity contribution >= 4 is 21.9 Å². The Hall–Kier alpha value is -4.52. The third-order valence-electron chi connectivity index (χ3n) is 7.88. The number of fused-ring (bicyclic) bond motifs is 2. The highest BCUT2D eigenvalue weighted by Gasteiger charge is 2.36. The van der Waals surface area contributed by atoms with Gasteiger partial charge in [0.05, 0.1) is 23.0 Å². The SMILES string of the molecule is CC[C@@H](O)c1nc2nn(C)cc2cc1-c1nc(-c2cccc3nn(-c4cc(C(F)(F)F)n(C)n4)cc23)c(C2CC2)n1C. The molecule has 0 spiro atoms. The Morgan fingerprint density at radius 3 is 2.48 bits per heavy atom. The highest BCUT2D eigenvalue weighted by Crippen LogP contribution is 2.47. The van der Waals surface area contributed by atoms with E-state index < -0.39 is 18.0 Å². The van der Waals surface area contributed by atoms with Crippen molar-refractivity contribution in [1.82, 2.24) is 43.9 Å². The number of alkyl halides is 3. The van der Waals surface area contributed by atoms with Gasteiger partial charge in [-0.3, -0.25) is 9.36 Å². The van der Waals surface area contributed by atoms with Crippen molar-refractivity contribution < 1.29 is 18.3 Å². The fourth-order valence-corrected chi connectivity index (χ4v) is 5.68. The van der Waals surface area contributed by atoms with Crippen molar-refractivity contribution in [3.05, 3.63) is 59.8 Å². The molecular weight excluding hydrogens is 547 g/mol. The molecule has 0 radical (unpaired) electrons. The third kappa shape index (κ3) is 4.18. The minimum atomic E-state index is -4.53. The second-order valence-electron chi connectivity index (χ2n) is 10.9. The first-order valence-electron chi connectivity index (χ1n) is 13.7. The molecule has 10 nitrogen and oxygen atoms in total. The van der Waals surface area contributed by atoms with Gasteiger partial charge in [0.2, 0.25) is 0 Å². The van der Waals surface area contributed by atoms with E-state index in [1.54, 1.807) is 10.9 Å². The molecule has 216 valence electrons. The number of benzene rings is 1. The Morgan fingerprint density at radius 2 is 1.79 bits per heavy atom. The number of aromatic nitrogens is 9. The van der Waals surface area contributed by atoms with Crippen LogP contribution in [0.1, 0.15) is 55.3 Å². The van der Waals surface area contributed by atoms with E-state index in [1.807, 2.05) is 51.5 Å². The second kappa shape index (κ2) is 9.24. The molecule has 7 rings (SSSR count). The first kappa shape index (κ1) is 26.4. The van der Waals surface area contributed by atoms with Crippen LogP contribution >= 0.6 is 0 Å². The van der Waals surface area contributed by atoms with E-state index in [9.17, 15) is 18.3 Å². The number of aliphatic hydroxyl groups is 1. The van der Waals surface area contributed by atoms with Crippen LogP contribution in [0.15, 0.2) is 42.7 Å². The number of nitrogens with zero attached hydrogens (tertiary/aromatic N) is 9. The normalized spacial score (nSPS) is 14.9. The summed E-state index contributed by atoms with van der Waals surface area (Å²) < 4.78 is 46.3. The van der Waals surface area contributed by atoms with Gasteiger partial charge in [0.15, 0.2) is 11.5 Å². The summed E-state index contributed by atoms with van der Waals surface area (Å²) in [5.74, 6) is 1.07. The smallest absolute Gasteiger partial charge is 0.387 e. The summed E-state index contributed by atoms with van der Waals surface area (Å²) in [5, 5.41) is 25.6. The predicted octanol–water partition coefficient (Wildman–Crippen LogP) is 5.45. The standard InChI is InChI=1S/C29H28F3N9O/c1-5-21(42)24-18(11-16-13-38(2)37-27(16)33-24)28-34-25(26(39(28)3)15-9-10-15)17-7-6-8-20-19(17)14-41(35-20)23-12-22(29(30,31)32)40(4)36-23/h6-8,11-15,21,42H,5,9-10H2,1-4H3/t21-/m1/s1. The molecule has 1 fully saturated rings.